The summed E-state index contributed by atoms with van der Waals surface area (Å²) in [4.78, 5) is 11.9. The summed E-state index contributed by atoms with van der Waals surface area (Å²) in [5.74, 6) is 2.14. The van der Waals surface area contributed by atoms with Gasteiger partial charge < -0.3 is 14.5 Å². The lowest BCUT2D eigenvalue weighted by atomic mass is 9.86. The third-order valence-electron chi connectivity index (χ3n) is 4.86. The average molecular weight is 321 g/mol. The number of nitrogens with one attached hydrogen (secondary N) is 1. The Morgan fingerprint density at radius 1 is 1.09 bits per heavy atom. The Morgan fingerprint density at radius 3 is 2.61 bits per heavy atom. The van der Waals surface area contributed by atoms with Crippen molar-refractivity contribution >= 4 is 5.91 Å². The number of carbonyl (C=O) groups excluding carboxylic acids is 1. The quantitative estimate of drug-likeness (QED) is 0.834. The second kappa shape index (κ2) is 8.43. The van der Waals surface area contributed by atoms with E-state index in [0.717, 1.165) is 37.7 Å². The number of ether oxygens (including phenoxy) is 1. The summed E-state index contributed by atoms with van der Waals surface area (Å²) >= 11 is 0. The first kappa shape index (κ1) is 16.4. The first-order valence-corrected chi connectivity index (χ1v) is 8.98. The van der Waals surface area contributed by atoms with Gasteiger partial charge in [0.25, 0.3) is 0 Å². The van der Waals surface area contributed by atoms with Crippen molar-refractivity contribution in [3.63, 3.8) is 0 Å². The van der Waals surface area contributed by atoms with Gasteiger partial charge in [-0.2, -0.15) is 0 Å². The van der Waals surface area contributed by atoms with Crippen LogP contribution in [0, 0.1) is 5.92 Å². The molecule has 1 aliphatic heterocycles. The van der Waals surface area contributed by atoms with Gasteiger partial charge in [0.05, 0.1) is 12.6 Å². The van der Waals surface area contributed by atoms with E-state index in [1.165, 1.54) is 32.1 Å². The Bertz CT molecular complexity index is 491. The van der Waals surface area contributed by atoms with Crippen LogP contribution in [0.3, 0.4) is 0 Å². The van der Waals surface area contributed by atoms with Crippen molar-refractivity contribution in [2.75, 3.05) is 13.2 Å². The fourth-order valence-corrected chi connectivity index (χ4v) is 3.46. The van der Waals surface area contributed by atoms with Crippen molar-refractivity contribution in [1.29, 1.82) is 0 Å². The second-order valence-electron chi connectivity index (χ2n) is 6.76. The largest absolute Gasteiger partial charge is 0.425 e. The van der Waals surface area contributed by atoms with Gasteiger partial charge in [-0.3, -0.25) is 4.79 Å². The molecular weight excluding hydrogens is 294 g/mol. The zero-order chi connectivity index (χ0) is 15.9. The fourth-order valence-electron chi connectivity index (χ4n) is 3.46. The Morgan fingerprint density at radius 2 is 1.87 bits per heavy atom. The molecule has 1 aliphatic carbocycles. The van der Waals surface area contributed by atoms with Crippen LogP contribution < -0.4 is 5.32 Å². The molecule has 1 saturated heterocycles. The van der Waals surface area contributed by atoms with Gasteiger partial charge in [0, 0.05) is 25.9 Å². The van der Waals surface area contributed by atoms with E-state index in [0.29, 0.717) is 25.3 Å². The van der Waals surface area contributed by atoms with Gasteiger partial charge in [-0.1, -0.05) is 32.1 Å². The highest BCUT2D eigenvalue weighted by Crippen LogP contribution is 2.27. The van der Waals surface area contributed by atoms with Gasteiger partial charge >= 0.3 is 0 Å². The lowest BCUT2D eigenvalue weighted by Crippen LogP contribution is -2.35. The summed E-state index contributed by atoms with van der Waals surface area (Å²) < 4.78 is 10.9. The number of aromatic nitrogens is 2. The van der Waals surface area contributed by atoms with E-state index in [-0.39, 0.29) is 11.9 Å². The minimum Gasteiger partial charge on any atom is -0.425 e. The molecule has 1 aromatic rings. The summed E-state index contributed by atoms with van der Waals surface area (Å²) in [5.41, 5.74) is 0. The molecule has 2 fully saturated rings. The normalized spacial score (nSPS) is 22.3. The highest BCUT2D eigenvalue weighted by Gasteiger charge is 2.18. The van der Waals surface area contributed by atoms with Crippen LogP contribution in [0.2, 0.25) is 0 Å². The summed E-state index contributed by atoms with van der Waals surface area (Å²) in [6, 6.07) is 0.163. The molecule has 1 atom stereocenters. The first-order chi connectivity index (χ1) is 11.3. The lowest BCUT2D eigenvalue weighted by Gasteiger charge is -2.20. The molecule has 6 heteroatoms. The summed E-state index contributed by atoms with van der Waals surface area (Å²) in [5, 5.41) is 11.1. The van der Waals surface area contributed by atoms with Crippen LogP contribution in [-0.4, -0.2) is 35.4 Å². The van der Waals surface area contributed by atoms with Gasteiger partial charge in [-0.25, -0.2) is 0 Å². The maximum atomic E-state index is 11.9. The van der Waals surface area contributed by atoms with E-state index in [4.69, 9.17) is 9.15 Å². The number of hydrogen-bond acceptors (Lipinski definition) is 5. The van der Waals surface area contributed by atoms with Crippen molar-refractivity contribution in [3.8, 4) is 0 Å². The summed E-state index contributed by atoms with van der Waals surface area (Å²) in [6.07, 6.45) is 10.6. The van der Waals surface area contributed by atoms with Crippen molar-refractivity contribution < 1.29 is 13.9 Å². The van der Waals surface area contributed by atoms with Crippen molar-refractivity contribution in [1.82, 2.24) is 15.5 Å². The molecule has 2 heterocycles. The Hall–Kier alpha value is -1.43. The third kappa shape index (κ3) is 5.30. The van der Waals surface area contributed by atoms with Gasteiger partial charge in [0.15, 0.2) is 0 Å². The smallest absolute Gasteiger partial charge is 0.220 e. The monoisotopic (exact) mass is 321 g/mol. The SMILES string of the molecule is O=C(CCc1nnc(CCC2CCCCC2)o1)N[C@H]1CCOC1. The minimum absolute atomic E-state index is 0.0301. The molecule has 6 nitrogen and oxygen atoms in total. The zero-order valence-corrected chi connectivity index (χ0v) is 13.8. The third-order valence-corrected chi connectivity index (χ3v) is 4.86. The van der Waals surface area contributed by atoms with Crippen molar-refractivity contribution in [3.05, 3.63) is 11.8 Å². The van der Waals surface area contributed by atoms with E-state index in [1.807, 2.05) is 0 Å². The number of hydrogen-bond donors (Lipinski definition) is 1. The molecule has 0 spiro atoms. The van der Waals surface area contributed by atoms with Crippen LogP contribution in [0.4, 0.5) is 0 Å². The molecule has 128 valence electrons. The Kier molecular flexibility index (Phi) is 6.02. The highest BCUT2D eigenvalue weighted by atomic mass is 16.5. The standard InChI is InChI=1S/C17H27N3O3/c21-15(18-14-10-11-22-12-14)7-9-17-20-19-16(23-17)8-6-13-4-2-1-3-5-13/h13-14H,1-12H2,(H,18,21)/t14-/m0/s1. The van der Waals surface area contributed by atoms with Crippen LogP contribution >= 0.6 is 0 Å². The first-order valence-electron chi connectivity index (χ1n) is 8.98. The molecule has 0 bridgehead atoms. The molecule has 1 saturated carbocycles. The second-order valence-corrected chi connectivity index (χ2v) is 6.76. The lowest BCUT2D eigenvalue weighted by molar-refractivity contribution is -0.121. The number of carbonyl (C=O) groups is 1. The molecule has 2 aliphatic rings. The van der Waals surface area contributed by atoms with Gasteiger partial charge in [-0.05, 0) is 18.8 Å². The van der Waals surface area contributed by atoms with Gasteiger partial charge in [-0.15, -0.1) is 10.2 Å². The summed E-state index contributed by atoms with van der Waals surface area (Å²) in [6.45, 7) is 1.36. The molecule has 0 aromatic carbocycles. The molecule has 1 N–H and O–H groups in total. The van der Waals surface area contributed by atoms with Crippen molar-refractivity contribution in [2.24, 2.45) is 5.92 Å². The predicted molar refractivity (Wildman–Crippen MR) is 84.9 cm³/mol. The van der Waals surface area contributed by atoms with Crippen molar-refractivity contribution in [2.45, 2.75) is 70.3 Å². The number of rotatable bonds is 7. The highest BCUT2D eigenvalue weighted by molar-refractivity contribution is 5.76. The molecule has 0 radical (unpaired) electrons. The Labute approximate surface area is 137 Å². The minimum atomic E-state index is 0.0301. The van der Waals surface area contributed by atoms with E-state index >= 15 is 0 Å². The van der Waals surface area contributed by atoms with E-state index in [1.54, 1.807) is 0 Å². The predicted octanol–water partition coefficient (Wildman–Crippen LogP) is 2.42. The maximum Gasteiger partial charge on any atom is 0.220 e. The summed E-state index contributed by atoms with van der Waals surface area (Å²) in [7, 11) is 0. The van der Waals surface area contributed by atoms with Gasteiger partial charge in [0.2, 0.25) is 17.7 Å². The topological polar surface area (TPSA) is 77.2 Å². The maximum absolute atomic E-state index is 11.9. The van der Waals surface area contributed by atoms with Crippen LogP contribution in [0.5, 0.6) is 0 Å². The molecule has 1 amide bonds. The molecule has 23 heavy (non-hydrogen) atoms. The molecule has 3 rings (SSSR count). The van der Waals surface area contributed by atoms with E-state index < -0.39 is 0 Å². The van der Waals surface area contributed by atoms with Crippen LogP contribution in [0.1, 0.15) is 63.1 Å². The van der Waals surface area contributed by atoms with Gasteiger partial charge in [0.1, 0.15) is 0 Å². The Balaban J connectivity index is 1.35. The van der Waals surface area contributed by atoms with Crippen LogP contribution in [0.15, 0.2) is 4.42 Å². The fraction of sp³-hybridized carbons (Fsp3) is 0.824. The number of amides is 1. The van der Waals surface area contributed by atoms with Crippen LogP contribution in [-0.2, 0) is 22.4 Å². The zero-order valence-electron chi connectivity index (χ0n) is 13.8. The molecular formula is C17H27N3O3. The molecule has 0 unspecified atom stereocenters. The average Bonchev–Trinajstić information content (AvgIpc) is 3.24. The molecule has 1 aromatic heterocycles. The number of aryl methyl sites for hydroxylation is 2. The van der Waals surface area contributed by atoms with Crippen LogP contribution in [0.25, 0.3) is 0 Å². The van der Waals surface area contributed by atoms with E-state index in [9.17, 15) is 4.79 Å². The van der Waals surface area contributed by atoms with E-state index in [2.05, 4.69) is 15.5 Å². The number of nitrogens with zero attached hydrogens (tertiary/aromatic N) is 2.